The zero-order valence-electron chi connectivity index (χ0n) is 7.73. The Labute approximate surface area is 89.8 Å². The second kappa shape index (κ2) is 5.19. The van der Waals surface area contributed by atoms with Crippen LogP contribution in [0.3, 0.4) is 0 Å². The summed E-state index contributed by atoms with van der Waals surface area (Å²) in [6, 6.07) is 6.33. The lowest BCUT2D eigenvalue weighted by molar-refractivity contribution is 0.597. The molecule has 0 saturated heterocycles. The average molecular weight is 237 g/mol. The lowest BCUT2D eigenvalue weighted by Crippen LogP contribution is -2.07. The van der Waals surface area contributed by atoms with Gasteiger partial charge in [-0.15, -0.1) is 12.4 Å². The highest BCUT2D eigenvalue weighted by Crippen LogP contribution is 2.14. The van der Waals surface area contributed by atoms with Crippen LogP contribution in [0.2, 0.25) is 0 Å². The third-order valence-corrected chi connectivity index (χ3v) is 3.51. The third kappa shape index (κ3) is 2.87. The molecule has 0 heterocycles. The van der Waals surface area contributed by atoms with Crippen molar-refractivity contribution in [3.05, 3.63) is 24.3 Å². The standard InChI is InChI=1S/C8H12N2O2S.ClH/c1-2-13(11,12)8-5-3-7(10-9)4-6-8;/h3-6,10H,2,9H2,1H3;1H. The summed E-state index contributed by atoms with van der Waals surface area (Å²) in [7, 11) is -3.09. The first kappa shape index (κ1) is 13.2. The van der Waals surface area contributed by atoms with Gasteiger partial charge in [0.2, 0.25) is 0 Å². The number of hydrogen-bond acceptors (Lipinski definition) is 4. The van der Waals surface area contributed by atoms with Gasteiger partial charge < -0.3 is 5.43 Å². The fraction of sp³-hybridized carbons (Fsp3) is 0.250. The minimum absolute atomic E-state index is 0. The number of nitrogens with two attached hydrogens (primary N) is 1. The van der Waals surface area contributed by atoms with Gasteiger partial charge >= 0.3 is 0 Å². The molecule has 0 aliphatic heterocycles. The van der Waals surface area contributed by atoms with Crippen molar-refractivity contribution in [2.24, 2.45) is 5.84 Å². The SMILES string of the molecule is CCS(=O)(=O)c1ccc(NN)cc1.Cl. The molecule has 1 aromatic carbocycles. The van der Waals surface area contributed by atoms with E-state index in [9.17, 15) is 8.42 Å². The molecule has 0 saturated carbocycles. The molecular weight excluding hydrogens is 224 g/mol. The zero-order valence-corrected chi connectivity index (χ0v) is 9.36. The van der Waals surface area contributed by atoms with Gasteiger partial charge in [-0.05, 0) is 24.3 Å². The maximum absolute atomic E-state index is 11.3. The van der Waals surface area contributed by atoms with E-state index in [1.54, 1.807) is 19.1 Å². The van der Waals surface area contributed by atoms with E-state index in [2.05, 4.69) is 5.43 Å². The van der Waals surface area contributed by atoms with E-state index < -0.39 is 9.84 Å². The van der Waals surface area contributed by atoms with Gasteiger partial charge in [0.25, 0.3) is 0 Å². The van der Waals surface area contributed by atoms with Crippen LogP contribution in [0.1, 0.15) is 6.92 Å². The van der Waals surface area contributed by atoms with E-state index in [0.29, 0.717) is 10.6 Å². The maximum Gasteiger partial charge on any atom is 0.178 e. The molecule has 14 heavy (non-hydrogen) atoms. The van der Waals surface area contributed by atoms with Crippen molar-refractivity contribution >= 4 is 27.9 Å². The molecule has 0 atom stereocenters. The topological polar surface area (TPSA) is 72.2 Å². The van der Waals surface area contributed by atoms with Gasteiger partial charge in [0.05, 0.1) is 10.6 Å². The lowest BCUT2D eigenvalue weighted by atomic mass is 10.3. The van der Waals surface area contributed by atoms with Crippen molar-refractivity contribution in [2.75, 3.05) is 11.2 Å². The van der Waals surface area contributed by atoms with Crippen LogP contribution in [0.15, 0.2) is 29.2 Å². The predicted octanol–water partition coefficient (Wildman–Crippen LogP) is 1.19. The minimum Gasteiger partial charge on any atom is -0.324 e. The summed E-state index contributed by atoms with van der Waals surface area (Å²) in [5, 5.41) is 0. The van der Waals surface area contributed by atoms with E-state index in [1.165, 1.54) is 12.1 Å². The van der Waals surface area contributed by atoms with Crippen LogP contribution in [0.5, 0.6) is 0 Å². The monoisotopic (exact) mass is 236 g/mol. The maximum atomic E-state index is 11.3. The molecule has 0 unspecified atom stereocenters. The van der Waals surface area contributed by atoms with Crippen LogP contribution in [0, 0.1) is 0 Å². The Morgan fingerprint density at radius 3 is 2.14 bits per heavy atom. The lowest BCUT2D eigenvalue weighted by Gasteiger charge is -2.02. The second-order valence-electron chi connectivity index (χ2n) is 2.57. The van der Waals surface area contributed by atoms with E-state index in [-0.39, 0.29) is 18.2 Å². The predicted molar refractivity (Wildman–Crippen MR) is 59.2 cm³/mol. The molecule has 6 heteroatoms. The molecule has 0 radical (unpaired) electrons. The molecule has 0 amide bonds. The third-order valence-electron chi connectivity index (χ3n) is 1.76. The van der Waals surface area contributed by atoms with Gasteiger partial charge in [-0.2, -0.15) is 0 Å². The van der Waals surface area contributed by atoms with Crippen LogP contribution in [0.4, 0.5) is 5.69 Å². The molecule has 1 rings (SSSR count). The highest BCUT2D eigenvalue weighted by atomic mass is 35.5. The van der Waals surface area contributed by atoms with Crippen molar-refractivity contribution in [1.82, 2.24) is 0 Å². The van der Waals surface area contributed by atoms with Crippen LogP contribution in [-0.4, -0.2) is 14.2 Å². The van der Waals surface area contributed by atoms with Crippen molar-refractivity contribution in [3.8, 4) is 0 Å². The Bertz CT molecular complexity index is 375. The van der Waals surface area contributed by atoms with Gasteiger partial charge in [-0.3, -0.25) is 5.84 Å². The highest BCUT2D eigenvalue weighted by Gasteiger charge is 2.09. The van der Waals surface area contributed by atoms with E-state index in [1.807, 2.05) is 0 Å². The van der Waals surface area contributed by atoms with Crippen LogP contribution in [0.25, 0.3) is 0 Å². The Hall–Kier alpha value is -0.780. The Morgan fingerprint density at radius 1 is 1.29 bits per heavy atom. The van der Waals surface area contributed by atoms with Crippen LogP contribution in [-0.2, 0) is 9.84 Å². The van der Waals surface area contributed by atoms with E-state index >= 15 is 0 Å². The van der Waals surface area contributed by atoms with Crippen molar-refractivity contribution in [2.45, 2.75) is 11.8 Å². The Kier molecular flexibility index (Phi) is 4.90. The number of sulfone groups is 1. The molecule has 0 aliphatic rings. The smallest absolute Gasteiger partial charge is 0.178 e. The summed E-state index contributed by atoms with van der Waals surface area (Å²) in [6.07, 6.45) is 0. The normalized spacial score (nSPS) is 10.4. The summed E-state index contributed by atoms with van der Waals surface area (Å²) in [6.45, 7) is 1.62. The fourth-order valence-electron chi connectivity index (χ4n) is 0.925. The molecule has 0 spiro atoms. The largest absolute Gasteiger partial charge is 0.324 e. The van der Waals surface area contributed by atoms with E-state index in [0.717, 1.165) is 0 Å². The highest BCUT2D eigenvalue weighted by molar-refractivity contribution is 7.91. The van der Waals surface area contributed by atoms with Gasteiger partial charge in [-0.1, -0.05) is 6.92 Å². The number of rotatable bonds is 3. The average Bonchev–Trinajstić information content (AvgIpc) is 2.18. The number of nitrogen functional groups attached to an aromatic ring is 1. The molecule has 0 fully saturated rings. The molecule has 4 nitrogen and oxygen atoms in total. The Balaban J connectivity index is 0.00000169. The summed E-state index contributed by atoms with van der Waals surface area (Å²) in [4.78, 5) is 0.328. The summed E-state index contributed by atoms with van der Waals surface area (Å²) < 4.78 is 22.7. The molecule has 0 bridgehead atoms. The van der Waals surface area contributed by atoms with Crippen molar-refractivity contribution in [3.63, 3.8) is 0 Å². The number of anilines is 1. The fourth-order valence-corrected chi connectivity index (χ4v) is 1.81. The van der Waals surface area contributed by atoms with Crippen molar-refractivity contribution < 1.29 is 8.42 Å². The van der Waals surface area contributed by atoms with Gasteiger partial charge in [0, 0.05) is 5.69 Å². The summed E-state index contributed by atoms with van der Waals surface area (Å²) >= 11 is 0. The first-order chi connectivity index (χ1) is 6.10. The zero-order chi connectivity index (χ0) is 9.90. The first-order valence-electron chi connectivity index (χ1n) is 3.89. The number of hydrogen-bond donors (Lipinski definition) is 2. The Morgan fingerprint density at radius 2 is 1.79 bits per heavy atom. The van der Waals surface area contributed by atoms with Gasteiger partial charge in [0.15, 0.2) is 9.84 Å². The molecule has 80 valence electrons. The molecule has 1 aromatic rings. The molecule has 0 aliphatic carbocycles. The molecule has 0 aromatic heterocycles. The molecular formula is C8H13ClN2O2S. The number of halogens is 1. The second-order valence-corrected chi connectivity index (χ2v) is 4.85. The van der Waals surface area contributed by atoms with Crippen LogP contribution < -0.4 is 11.3 Å². The first-order valence-corrected chi connectivity index (χ1v) is 5.55. The summed E-state index contributed by atoms with van der Waals surface area (Å²) in [5.41, 5.74) is 3.12. The van der Waals surface area contributed by atoms with Crippen LogP contribution >= 0.6 is 12.4 Å². The number of hydrazine groups is 1. The van der Waals surface area contributed by atoms with Crippen molar-refractivity contribution in [1.29, 1.82) is 0 Å². The minimum atomic E-state index is -3.09. The van der Waals surface area contributed by atoms with Gasteiger partial charge in [-0.25, -0.2) is 8.42 Å². The van der Waals surface area contributed by atoms with E-state index in [4.69, 9.17) is 5.84 Å². The number of benzene rings is 1. The summed E-state index contributed by atoms with van der Waals surface area (Å²) in [5.74, 6) is 5.26. The van der Waals surface area contributed by atoms with Gasteiger partial charge in [0.1, 0.15) is 0 Å². The quantitative estimate of drug-likeness (QED) is 0.611. The molecule has 3 N–H and O–H groups in total. The number of nitrogens with one attached hydrogen (secondary N) is 1.